The normalized spacial score (nSPS) is 23.5. The maximum absolute atomic E-state index is 8.78. The Morgan fingerprint density at radius 1 is 1.04 bits per heavy atom. The van der Waals surface area contributed by atoms with Crippen LogP contribution in [0.1, 0.15) is 45.4 Å². The molecule has 2 rings (SSSR count). The second-order valence-electron chi connectivity index (χ2n) is 8.02. The number of nitrogens with one attached hydrogen (secondary N) is 3. The number of nitrogens with two attached hydrogens (primary N) is 2. The number of piperidine rings is 2. The maximum Gasteiger partial charge on any atom is 0.116 e. The molecule has 0 saturated carbocycles. The van der Waals surface area contributed by atoms with Crippen molar-refractivity contribution in [3.63, 3.8) is 0 Å². The summed E-state index contributed by atoms with van der Waals surface area (Å²) in [6.07, 6.45) is 6.47. The van der Waals surface area contributed by atoms with Crippen LogP contribution in [0.25, 0.3) is 0 Å². The first kappa shape index (κ1) is 23.1. The molecule has 2 saturated heterocycles. The molecule has 2 atom stereocenters. The van der Waals surface area contributed by atoms with Crippen molar-refractivity contribution in [3.05, 3.63) is 0 Å². The minimum absolute atomic E-state index is 0.354. The van der Waals surface area contributed by atoms with Crippen molar-refractivity contribution in [1.82, 2.24) is 20.4 Å². The summed E-state index contributed by atoms with van der Waals surface area (Å²) < 4.78 is 0. The molecule has 0 spiro atoms. The van der Waals surface area contributed by atoms with Gasteiger partial charge in [0.05, 0.1) is 18.4 Å². The third-order valence-electron chi connectivity index (χ3n) is 5.73. The molecule has 2 aliphatic rings. The Labute approximate surface area is 171 Å². The van der Waals surface area contributed by atoms with Crippen LogP contribution in [-0.4, -0.2) is 92.5 Å². The molecule has 0 amide bonds. The van der Waals surface area contributed by atoms with Gasteiger partial charge in [-0.3, -0.25) is 10.4 Å². The van der Waals surface area contributed by atoms with Crippen LogP contribution in [-0.2, 0) is 0 Å². The minimum Gasteiger partial charge on any atom is -0.359 e. The first-order chi connectivity index (χ1) is 13.7. The van der Waals surface area contributed by atoms with Crippen molar-refractivity contribution >= 4 is 11.7 Å². The predicted molar refractivity (Wildman–Crippen MR) is 118 cm³/mol. The van der Waals surface area contributed by atoms with Crippen molar-refractivity contribution in [2.75, 3.05) is 58.9 Å². The number of nitrogens with zero attached hydrogens (tertiary/aromatic N) is 3. The lowest BCUT2D eigenvalue weighted by atomic mass is 10.0. The highest BCUT2D eigenvalue weighted by molar-refractivity contribution is 5.88. The zero-order valence-corrected chi connectivity index (χ0v) is 17.8. The van der Waals surface area contributed by atoms with Gasteiger partial charge in [0.2, 0.25) is 0 Å². The summed E-state index contributed by atoms with van der Waals surface area (Å²) in [4.78, 5) is 9.56. The number of rotatable bonds is 10. The van der Waals surface area contributed by atoms with Crippen LogP contribution in [0, 0.1) is 5.41 Å². The summed E-state index contributed by atoms with van der Waals surface area (Å²) in [5.74, 6) is 1.73. The number of hydrogen-bond donors (Lipinski definition) is 5. The fourth-order valence-electron chi connectivity index (χ4n) is 4.10. The maximum atomic E-state index is 8.78. The van der Waals surface area contributed by atoms with E-state index in [9.17, 15) is 0 Å². The van der Waals surface area contributed by atoms with Crippen LogP contribution < -0.4 is 22.1 Å². The van der Waals surface area contributed by atoms with Crippen molar-refractivity contribution in [1.29, 1.82) is 5.41 Å². The zero-order valence-electron chi connectivity index (χ0n) is 17.8. The highest BCUT2D eigenvalue weighted by Crippen LogP contribution is 2.14. The molecule has 0 aromatic rings. The molecular weight excluding hydrogens is 352 g/mol. The lowest BCUT2D eigenvalue weighted by molar-refractivity contribution is 0.266. The molecule has 0 aliphatic carbocycles. The molecule has 2 fully saturated rings. The van der Waals surface area contributed by atoms with Crippen LogP contribution >= 0.6 is 0 Å². The van der Waals surface area contributed by atoms with E-state index in [0.717, 1.165) is 70.8 Å². The van der Waals surface area contributed by atoms with Crippen LogP contribution in [0.2, 0.25) is 0 Å². The predicted octanol–water partition coefficient (Wildman–Crippen LogP) is 0.188. The summed E-state index contributed by atoms with van der Waals surface area (Å²) in [5, 5.41) is 15.8. The summed E-state index contributed by atoms with van der Waals surface area (Å²) in [5.41, 5.74) is 11.4. The summed E-state index contributed by atoms with van der Waals surface area (Å²) in [7, 11) is 0. The largest absolute Gasteiger partial charge is 0.359 e. The molecule has 0 aromatic carbocycles. The Hall–Kier alpha value is -1.22. The molecule has 7 N–H and O–H groups in total. The third-order valence-corrected chi connectivity index (χ3v) is 5.73. The van der Waals surface area contributed by atoms with Gasteiger partial charge in [0.1, 0.15) is 5.84 Å². The lowest BCUT2D eigenvalue weighted by Gasteiger charge is -2.38. The molecule has 8 heteroatoms. The van der Waals surface area contributed by atoms with E-state index in [1.807, 2.05) is 0 Å². The third kappa shape index (κ3) is 7.66. The second-order valence-corrected chi connectivity index (χ2v) is 8.02. The van der Waals surface area contributed by atoms with Gasteiger partial charge in [-0.05, 0) is 71.6 Å². The number of amidine groups is 2. The van der Waals surface area contributed by atoms with E-state index in [-0.39, 0.29) is 0 Å². The summed E-state index contributed by atoms with van der Waals surface area (Å²) in [6, 6.07) is 0.757. The molecule has 0 bridgehead atoms. The molecule has 2 aliphatic heterocycles. The van der Waals surface area contributed by atoms with Gasteiger partial charge in [-0.25, -0.2) is 0 Å². The Morgan fingerprint density at radius 3 is 2.21 bits per heavy atom. The topological polar surface area (TPSA) is 119 Å². The summed E-state index contributed by atoms with van der Waals surface area (Å²) >= 11 is 0. The highest BCUT2D eigenvalue weighted by atomic mass is 15.3. The van der Waals surface area contributed by atoms with Gasteiger partial charge < -0.3 is 31.9 Å². The first-order valence-electron chi connectivity index (χ1n) is 11.1. The zero-order chi connectivity index (χ0) is 20.2. The quantitative estimate of drug-likeness (QED) is 0.267. The highest BCUT2D eigenvalue weighted by Gasteiger charge is 2.25. The Morgan fingerprint density at radius 2 is 1.68 bits per heavy atom. The van der Waals surface area contributed by atoms with Crippen molar-refractivity contribution in [3.8, 4) is 0 Å². The van der Waals surface area contributed by atoms with E-state index in [2.05, 4.69) is 27.4 Å². The second kappa shape index (κ2) is 13.1. The van der Waals surface area contributed by atoms with Crippen LogP contribution in [0.15, 0.2) is 4.99 Å². The Bertz CT molecular complexity index is 461. The van der Waals surface area contributed by atoms with Gasteiger partial charge in [-0.1, -0.05) is 0 Å². The first-order valence-corrected chi connectivity index (χ1v) is 11.1. The van der Waals surface area contributed by atoms with E-state index in [1.165, 1.54) is 12.8 Å². The van der Waals surface area contributed by atoms with Gasteiger partial charge in [-0.15, -0.1) is 0 Å². The van der Waals surface area contributed by atoms with E-state index in [1.54, 1.807) is 0 Å². The number of aliphatic imine (C=N–C) groups is 1. The molecule has 28 heavy (non-hydrogen) atoms. The lowest BCUT2D eigenvalue weighted by Crippen LogP contribution is -2.52. The Kier molecular flexibility index (Phi) is 10.8. The van der Waals surface area contributed by atoms with E-state index in [4.69, 9.17) is 21.9 Å². The van der Waals surface area contributed by atoms with Gasteiger partial charge >= 0.3 is 0 Å². The molecule has 2 heterocycles. The molecule has 0 aromatic heterocycles. The van der Waals surface area contributed by atoms with E-state index < -0.39 is 0 Å². The average molecular weight is 395 g/mol. The van der Waals surface area contributed by atoms with Crippen LogP contribution in [0.3, 0.4) is 0 Å². The van der Waals surface area contributed by atoms with E-state index >= 15 is 0 Å². The molecule has 0 radical (unpaired) electrons. The average Bonchev–Trinajstić information content (AvgIpc) is 2.73. The Balaban J connectivity index is 2.08. The fraction of sp³-hybridized carbons (Fsp3) is 0.900. The van der Waals surface area contributed by atoms with Crippen molar-refractivity contribution in [2.24, 2.45) is 16.5 Å². The summed E-state index contributed by atoms with van der Waals surface area (Å²) in [6.45, 7) is 9.81. The monoisotopic (exact) mass is 394 g/mol. The van der Waals surface area contributed by atoms with Gasteiger partial charge in [0.15, 0.2) is 0 Å². The SMILES string of the molecule is CC(=NC1CCCNC1)N(CC(=N)N(CCCN)CCCN)C1CCCNC1. The van der Waals surface area contributed by atoms with E-state index in [0.29, 0.717) is 37.6 Å². The minimum atomic E-state index is 0.354. The molecule has 2 unspecified atom stereocenters. The molecular formula is C20H42N8. The molecule has 8 nitrogen and oxygen atoms in total. The fourth-order valence-corrected chi connectivity index (χ4v) is 4.10. The van der Waals surface area contributed by atoms with Crippen molar-refractivity contribution < 1.29 is 0 Å². The standard InChI is InChI=1S/C20H42N8/c1-17(26-18-6-2-10-24-14-18)28(19-7-3-11-25-15-19)16-20(23)27(12-4-8-21)13-5-9-22/h18-19,23-25H,2-16,21-22H2,1H3. The van der Waals surface area contributed by atoms with Gasteiger partial charge in [-0.2, -0.15) is 0 Å². The smallest absolute Gasteiger partial charge is 0.116 e. The molecule has 162 valence electrons. The van der Waals surface area contributed by atoms with Crippen LogP contribution in [0.4, 0.5) is 0 Å². The van der Waals surface area contributed by atoms with Crippen molar-refractivity contribution in [2.45, 2.75) is 57.5 Å². The van der Waals surface area contributed by atoms with Gasteiger partial charge in [0, 0.05) is 32.2 Å². The van der Waals surface area contributed by atoms with Gasteiger partial charge in [0.25, 0.3) is 0 Å². The number of hydrogen-bond acceptors (Lipinski definition) is 6. The van der Waals surface area contributed by atoms with Crippen LogP contribution in [0.5, 0.6) is 0 Å².